The molecule has 0 aliphatic carbocycles. The van der Waals surface area contributed by atoms with Gasteiger partial charge < -0.3 is 5.11 Å². The third-order valence-corrected chi connectivity index (χ3v) is 11.3. The number of nitrogens with one attached hydrogen (secondary N) is 1. The summed E-state index contributed by atoms with van der Waals surface area (Å²) in [6.45, 7) is 3.96. The van der Waals surface area contributed by atoms with Gasteiger partial charge in [0.05, 0.1) is 21.4 Å². The van der Waals surface area contributed by atoms with Crippen molar-refractivity contribution in [3.05, 3.63) is 103 Å². The number of aryl methyl sites for hydroxylation is 1. The second kappa shape index (κ2) is 22.3. The van der Waals surface area contributed by atoms with E-state index < -0.39 is 17.4 Å². The largest absolute Gasteiger partial charge is 0.508 e. The van der Waals surface area contributed by atoms with E-state index in [1.807, 2.05) is 12.1 Å². The number of amides is 2. The van der Waals surface area contributed by atoms with Gasteiger partial charge in [0.25, 0.3) is 0 Å². The minimum absolute atomic E-state index is 0.0233. The van der Waals surface area contributed by atoms with Gasteiger partial charge in [-0.2, -0.15) is 10.1 Å². The number of carbonyl (C=O) groups is 2. The highest BCUT2D eigenvalue weighted by molar-refractivity contribution is 6.40. The number of nitrogens with zero attached hydrogens (tertiary/aromatic N) is 5. The van der Waals surface area contributed by atoms with E-state index in [1.54, 1.807) is 25.1 Å². The zero-order valence-corrected chi connectivity index (χ0v) is 36.2. The molecule has 14 heteroatoms. The number of azo groups is 1. The van der Waals surface area contributed by atoms with Gasteiger partial charge in [0.15, 0.2) is 11.5 Å². The molecule has 1 atom stereocenters. The lowest BCUT2D eigenvalue weighted by molar-refractivity contribution is -0.138. The van der Waals surface area contributed by atoms with Crippen molar-refractivity contribution in [2.75, 3.05) is 5.01 Å². The second-order valence-electron chi connectivity index (χ2n) is 14.7. The number of imide groups is 1. The van der Waals surface area contributed by atoms with Gasteiger partial charge >= 0.3 is 5.56 Å². The van der Waals surface area contributed by atoms with E-state index in [2.05, 4.69) is 34.4 Å². The number of aromatic amines is 1. The van der Waals surface area contributed by atoms with Crippen LogP contribution in [-0.4, -0.2) is 37.1 Å². The number of aromatic nitrogens is 2. The number of hydrogen-bond acceptors (Lipinski definition) is 7. The number of anilines is 2. The van der Waals surface area contributed by atoms with Crippen LogP contribution in [-0.2, 0) is 16.0 Å². The van der Waals surface area contributed by atoms with Gasteiger partial charge in [0, 0.05) is 23.2 Å². The van der Waals surface area contributed by atoms with E-state index >= 15 is 0 Å². The van der Waals surface area contributed by atoms with Crippen molar-refractivity contribution in [2.24, 2.45) is 10.2 Å². The predicted octanol–water partition coefficient (Wildman–Crippen LogP) is 13.6. The van der Waals surface area contributed by atoms with Crippen LogP contribution >= 0.6 is 46.4 Å². The van der Waals surface area contributed by atoms with Crippen LogP contribution in [0.25, 0.3) is 5.69 Å². The first-order chi connectivity index (χ1) is 28.0. The fraction of sp³-hybridized carbons (Fsp3) is 0.432. The summed E-state index contributed by atoms with van der Waals surface area (Å²) in [4.78, 5) is 41.4. The van der Waals surface area contributed by atoms with Crippen LogP contribution in [0.5, 0.6) is 5.75 Å². The highest BCUT2D eigenvalue weighted by Crippen LogP contribution is 2.40. The number of phenolic OH excluding ortho intramolecular Hbond substituents is 1. The molecule has 310 valence electrons. The molecule has 3 aromatic carbocycles. The number of allylic oxidation sites excluding steroid dienone is 2. The quantitative estimate of drug-likeness (QED) is 0.0268. The molecule has 1 fully saturated rings. The van der Waals surface area contributed by atoms with Crippen LogP contribution in [0.4, 0.5) is 22.9 Å². The highest BCUT2D eigenvalue weighted by atomic mass is 35.5. The second-order valence-corrected chi connectivity index (χ2v) is 16.6. The lowest BCUT2D eigenvalue weighted by Crippen LogP contribution is -2.44. The Labute approximate surface area is 360 Å². The molecule has 2 N–H and O–H groups in total. The molecule has 1 aliphatic heterocycles. The Morgan fingerprint density at radius 1 is 0.828 bits per heavy atom. The highest BCUT2D eigenvalue weighted by Gasteiger charge is 2.39. The molecule has 2 heterocycles. The van der Waals surface area contributed by atoms with Gasteiger partial charge in [0.1, 0.15) is 11.4 Å². The van der Waals surface area contributed by atoms with Crippen LogP contribution in [0.1, 0.15) is 114 Å². The molecule has 0 spiro atoms. The summed E-state index contributed by atoms with van der Waals surface area (Å²) in [5.41, 5.74) is 1.18. The lowest BCUT2D eigenvalue weighted by atomic mass is 10.0. The van der Waals surface area contributed by atoms with Crippen molar-refractivity contribution in [3.8, 4) is 11.4 Å². The summed E-state index contributed by atoms with van der Waals surface area (Å²) >= 11 is 26.4. The van der Waals surface area contributed by atoms with Crippen molar-refractivity contribution >= 4 is 81.1 Å². The summed E-state index contributed by atoms with van der Waals surface area (Å²) < 4.78 is 1.08. The normalized spacial score (nSPS) is 13.8. The SMILES string of the molecule is CCCCCCCCCCCCC=CCCC(Cl)Cc1ccccc1N(c1[nH]n(-c2c(Cl)cc(Cl)cc2Cl)c(=O)c1N=Nc1ccc(O)c(C)c1)N1C(=O)CCC1=O. The molecule has 0 bridgehead atoms. The maximum atomic E-state index is 14.4. The molecule has 4 aromatic rings. The average molecular weight is 871 g/mol. The smallest absolute Gasteiger partial charge is 0.301 e. The molecule has 10 nitrogen and oxygen atoms in total. The number of carbonyl (C=O) groups excluding carboxylic acids is 2. The Kier molecular flexibility index (Phi) is 17.3. The van der Waals surface area contributed by atoms with Crippen LogP contribution in [0, 0.1) is 6.92 Å². The van der Waals surface area contributed by atoms with E-state index in [0.29, 0.717) is 29.8 Å². The molecule has 1 saturated heterocycles. The topological polar surface area (TPSA) is 123 Å². The monoisotopic (exact) mass is 868 g/mol. The zero-order valence-electron chi connectivity index (χ0n) is 33.2. The van der Waals surface area contributed by atoms with Crippen molar-refractivity contribution in [2.45, 2.75) is 122 Å². The van der Waals surface area contributed by atoms with Gasteiger partial charge in [-0.25, -0.2) is 9.69 Å². The fourth-order valence-corrected chi connectivity index (χ4v) is 8.26. The number of unbranched alkanes of at least 4 members (excludes halogenated alkanes) is 10. The van der Waals surface area contributed by atoms with E-state index in [1.165, 1.54) is 93.5 Å². The summed E-state index contributed by atoms with van der Waals surface area (Å²) in [6.07, 6.45) is 20.5. The van der Waals surface area contributed by atoms with Crippen molar-refractivity contribution < 1.29 is 14.7 Å². The number of alkyl halides is 1. The summed E-state index contributed by atoms with van der Waals surface area (Å²) in [5, 5.41) is 24.3. The van der Waals surface area contributed by atoms with Gasteiger partial charge in [-0.1, -0.05) is 130 Å². The molecular weight excluding hydrogens is 818 g/mol. The van der Waals surface area contributed by atoms with Crippen LogP contribution < -0.4 is 10.6 Å². The molecule has 0 radical (unpaired) electrons. The number of rotatable bonds is 22. The maximum absolute atomic E-state index is 14.4. The molecule has 5 rings (SSSR count). The molecule has 58 heavy (non-hydrogen) atoms. The van der Waals surface area contributed by atoms with E-state index in [-0.39, 0.29) is 56.2 Å². The number of para-hydroxylation sites is 1. The first-order valence-corrected chi connectivity index (χ1v) is 21.8. The molecular formula is C44H52Cl4N6O4. The van der Waals surface area contributed by atoms with Crippen molar-refractivity contribution in [1.82, 2.24) is 14.8 Å². The van der Waals surface area contributed by atoms with E-state index in [4.69, 9.17) is 46.4 Å². The van der Waals surface area contributed by atoms with Crippen LogP contribution in [0.3, 0.4) is 0 Å². The molecule has 2 amide bonds. The third kappa shape index (κ3) is 12.0. The first kappa shape index (κ1) is 45.0. The molecule has 1 aromatic heterocycles. The minimum atomic E-state index is -0.721. The standard InChI is InChI=1S/C44H52Cl4N6O4/c1-3-4-5-6-7-8-9-10-11-12-13-14-15-16-20-32(45)27-31-19-17-18-21-37(31)53(54-39(56)24-25-40(54)57)43-41(50-49-34-22-23-38(55)30(2)26-34)44(58)52(51-43)42-35(47)28-33(46)29-36(42)48/h14-15,17-19,21-23,26,28-29,32,51,55H,3-13,16,20,24-25,27H2,1-2H3. The van der Waals surface area contributed by atoms with Gasteiger partial charge in [-0.15, -0.1) is 16.7 Å². The molecule has 1 unspecified atom stereocenters. The van der Waals surface area contributed by atoms with Crippen molar-refractivity contribution in [1.29, 1.82) is 0 Å². The maximum Gasteiger partial charge on any atom is 0.301 e. The van der Waals surface area contributed by atoms with Crippen molar-refractivity contribution in [3.63, 3.8) is 0 Å². The summed E-state index contributed by atoms with van der Waals surface area (Å²) in [6, 6.07) is 14.8. The third-order valence-electron chi connectivity index (χ3n) is 10.1. The Morgan fingerprint density at radius 3 is 2.10 bits per heavy atom. The van der Waals surface area contributed by atoms with Crippen LogP contribution in [0.15, 0.2) is 81.8 Å². The number of phenols is 1. The number of benzene rings is 3. The Bertz CT molecular complexity index is 2110. The van der Waals surface area contributed by atoms with Gasteiger partial charge in [-0.05, 0) is 86.6 Å². The zero-order chi connectivity index (χ0) is 41.6. The minimum Gasteiger partial charge on any atom is -0.508 e. The average Bonchev–Trinajstić information content (AvgIpc) is 3.69. The first-order valence-electron chi connectivity index (χ1n) is 20.2. The lowest BCUT2D eigenvalue weighted by Gasteiger charge is -2.32. The molecule has 1 aliphatic rings. The number of halogens is 4. The number of hydrazine groups is 1. The predicted molar refractivity (Wildman–Crippen MR) is 236 cm³/mol. The summed E-state index contributed by atoms with van der Waals surface area (Å²) in [7, 11) is 0. The molecule has 0 saturated carbocycles. The van der Waals surface area contributed by atoms with E-state index in [0.717, 1.165) is 28.1 Å². The van der Waals surface area contributed by atoms with E-state index in [9.17, 15) is 19.5 Å². The van der Waals surface area contributed by atoms with Gasteiger partial charge in [-0.3, -0.25) is 19.5 Å². The van der Waals surface area contributed by atoms with Gasteiger partial charge in [0.2, 0.25) is 11.8 Å². The Hall–Kier alpha value is -4.09. The summed E-state index contributed by atoms with van der Waals surface area (Å²) in [5.74, 6) is -0.906. The Balaban J connectivity index is 1.40. The fourth-order valence-electron chi connectivity index (χ4n) is 6.98. The number of aromatic hydroxyl groups is 1. The van der Waals surface area contributed by atoms with Crippen LogP contribution in [0.2, 0.25) is 15.1 Å². The Morgan fingerprint density at radius 2 is 1.45 bits per heavy atom. The number of hydrogen-bond donors (Lipinski definition) is 2. The number of H-pyrrole nitrogens is 1.